The van der Waals surface area contributed by atoms with Gasteiger partial charge in [-0.3, -0.25) is 4.79 Å². The smallest absolute Gasteiger partial charge is 0.342 e. The number of anilines is 2. The second-order valence-electron chi connectivity index (χ2n) is 8.38. The van der Waals surface area contributed by atoms with E-state index in [-0.39, 0.29) is 58.1 Å². The van der Waals surface area contributed by atoms with Crippen LogP contribution in [0.4, 0.5) is 11.4 Å². The van der Waals surface area contributed by atoms with Crippen LogP contribution < -0.4 is 16.9 Å². The average molecular weight is 471 g/mol. The number of nitrogen functional groups attached to an aromatic ring is 2. The lowest BCUT2D eigenvalue weighted by Crippen LogP contribution is -2.22. The molecule has 34 heavy (non-hydrogen) atoms. The quantitative estimate of drug-likeness (QED) is 0.218. The molecular weight excluding hydrogens is 440 g/mol. The molecule has 0 radical (unpaired) electrons. The molecule has 1 aromatic carbocycles. The normalized spacial score (nSPS) is 11.4. The van der Waals surface area contributed by atoms with Crippen molar-refractivity contribution >= 4 is 34.4 Å². The molecule has 1 heterocycles. The molecule has 0 amide bonds. The van der Waals surface area contributed by atoms with Gasteiger partial charge in [0.2, 0.25) is 5.43 Å². The Hall–Kier alpha value is -3.66. The summed E-state index contributed by atoms with van der Waals surface area (Å²) < 4.78 is 16.7. The van der Waals surface area contributed by atoms with E-state index in [1.165, 1.54) is 13.0 Å². The van der Waals surface area contributed by atoms with E-state index in [1.807, 2.05) is 25.9 Å². The number of nitrogens with two attached hydrogens (primary N) is 2. The van der Waals surface area contributed by atoms with Gasteiger partial charge >= 0.3 is 11.9 Å². The Bertz CT molecular complexity index is 1280. The maximum absolute atomic E-state index is 12.9. The number of aromatic nitrogens is 1. The standard InChI is InChI=1S/C24H30N4O6/c1-6-9-32-24(31)16-17(26)20(29)13(3)22-19(16)27-18-14(11-15(25)12(2)21(18)34-22)23(30)33-10-7-8-28(4)5/h11H,6-10,25-26H2,1-5H3. The molecule has 1 aliphatic heterocycles. The number of nitrogens with zero attached hydrogens (tertiary/aromatic N) is 2. The molecule has 10 heteroatoms. The summed E-state index contributed by atoms with van der Waals surface area (Å²) in [6.45, 7) is 6.18. The number of hydrogen-bond donors (Lipinski definition) is 2. The highest BCUT2D eigenvalue weighted by Gasteiger charge is 2.30. The number of benzene rings is 2. The monoisotopic (exact) mass is 470 g/mol. The van der Waals surface area contributed by atoms with Gasteiger partial charge in [0.25, 0.3) is 0 Å². The Kier molecular flexibility index (Phi) is 7.41. The van der Waals surface area contributed by atoms with Crippen molar-refractivity contribution in [2.24, 2.45) is 0 Å². The van der Waals surface area contributed by atoms with E-state index in [2.05, 4.69) is 4.98 Å². The van der Waals surface area contributed by atoms with Crippen LogP contribution in [0.2, 0.25) is 0 Å². The summed E-state index contributed by atoms with van der Waals surface area (Å²) >= 11 is 0. The minimum absolute atomic E-state index is 0.0361. The van der Waals surface area contributed by atoms with E-state index < -0.39 is 17.4 Å². The van der Waals surface area contributed by atoms with Crippen molar-refractivity contribution in [1.29, 1.82) is 0 Å². The zero-order chi connectivity index (χ0) is 25.2. The molecule has 0 unspecified atom stereocenters. The average Bonchev–Trinajstić information content (AvgIpc) is 2.80. The van der Waals surface area contributed by atoms with E-state index in [0.29, 0.717) is 24.1 Å². The van der Waals surface area contributed by atoms with Gasteiger partial charge in [0.05, 0.1) is 24.5 Å². The Labute approximate surface area is 197 Å². The van der Waals surface area contributed by atoms with Gasteiger partial charge in [-0.05, 0) is 46.9 Å². The molecule has 4 N–H and O–H groups in total. The fourth-order valence-electron chi connectivity index (χ4n) is 3.53. The summed E-state index contributed by atoms with van der Waals surface area (Å²) in [7, 11) is 3.85. The fourth-order valence-corrected chi connectivity index (χ4v) is 3.53. The number of ether oxygens (including phenoxy) is 2. The van der Waals surface area contributed by atoms with E-state index in [1.54, 1.807) is 6.92 Å². The molecule has 0 atom stereocenters. The van der Waals surface area contributed by atoms with Crippen LogP contribution in [0.15, 0.2) is 15.3 Å². The number of carbonyl (C=O) groups excluding carboxylic acids is 2. The van der Waals surface area contributed by atoms with Gasteiger partial charge in [0.1, 0.15) is 16.8 Å². The molecule has 10 nitrogen and oxygen atoms in total. The molecule has 0 bridgehead atoms. The minimum Gasteiger partial charge on any atom is -0.462 e. The largest absolute Gasteiger partial charge is 0.462 e. The lowest BCUT2D eigenvalue weighted by atomic mass is 10.00. The molecular formula is C24H30N4O6. The number of hydrogen-bond acceptors (Lipinski definition) is 10. The number of carbonyl (C=O) groups is 2. The summed E-state index contributed by atoms with van der Waals surface area (Å²) in [6, 6.07) is 1.47. The fraction of sp³-hybridized carbons (Fsp3) is 0.417. The number of esters is 2. The zero-order valence-electron chi connectivity index (χ0n) is 20.1. The molecule has 0 spiro atoms. The third-order valence-electron chi connectivity index (χ3n) is 5.46. The highest BCUT2D eigenvalue weighted by atomic mass is 16.5. The molecule has 0 aromatic heterocycles. The summed E-state index contributed by atoms with van der Waals surface area (Å²) in [6.07, 6.45) is 1.23. The van der Waals surface area contributed by atoms with Crippen molar-refractivity contribution in [2.45, 2.75) is 33.6 Å². The van der Waals surface area contributed by atoms with Gasteiger partial charge in [-0.2, -0.15) is 0 Å². The summed E-state index contributed by atoms with van der Waals surface area (Å²) in [4.78, 5) is 44.9. The molecule has 2 aliphatic rings. The zero-order valence-corrected chi connectivity index (χ0v) is 20.1. The van der Waals surface area contributed by atoms with Crippen molar-refractivity contribution in [2.75, 3.05) is 45.3 Å². The van der Waals surface area contributed by atoms with Gasteiger partial charge in [-0.15, -0.1) is 0 Å². The van der Waals surface area contributed by atoms with Gasteiger partial charge < -0.3 is 30.3 Å². The van der Waals surface area contributed by atoms with E-state index >= 15 is 0 Å². The van der Waals surface area contributed by atoms with E-state index in [9.17, 15) is 14.4 Å². The predicted molar refractivity (Wildman–Crippen MR) is 129 cm³/mol. The number of fused-ring (bicyclic) bond motifs is 2. The van der Waals surface area contributed by atoms with Crippen LogP contribution in [0.5, 0.6) is 0 Å². The maximum Gasteiger partial charge on any atom is 0.342 e. The second kappa shape index (κ2) is 10.1. The van der Waals surface area contributed by atoms with Gasteiger partial charge in [0, 0.05) is 23.4 Å². The van der Waals surface area contributed by atoms with Crippen molar-refractivity contribution in [3.63, 3.8) is 0 Å². The van der Waals surface area contributed by atoms with Crippen LogP contribution in [0, 0.1) is 13.8 Å². The molecule has 0 saturated heterocycles. The van der Waals surface area contributed by atoms with Crippen molar-refractivity contribution in [1.82, 2.24) is 9.88 Å². The van der Waals surface area contributed by atoms with Crippen LogP contribution in [0.25, 0.3) is 22.6 Å². The van der Waals surface area contributed by atoms with Gasteiger partial charge in [0.15, 0.2) is 11.3 Å². The molecule has 3 rings (SSSR count). The third-order valence-corrected chi connectivity index (χ3v) is 5.46. The van der Waals surface area contributed by atoms with Crippen molar-refractivity contribution in [3.05, 3.63) is 38.5 Å². The maximum atomic E-state index is 12.9. The molecule has 0 saturated carbocycles. The third kappa shape index (κ3) is 4.67. The van der Waals surface area contributed by atoms with Crippen molar-refractivity contribution < 1.29 is 23.5 Å². The first kappa shape index (κ1) is 25.0. The highest BCUT2D eigenvalue weighted by molar-refractivity contribution is 6.07. The van der Waals surface area contributed by atoms with Crippen LogP contribution in [-0.4, -0.2) is 55.7 Å². The lowest BCUT2D eigenvalue weighted by molar-refractivity contribution is 0.0491. The SMILES string of the molecule is CCCOC(=O)c1c2nc3c(C(=O)OCCCN(C)C)cc(N)c(C)c3oc-2c(C)c(=O)c1N. The Balaban J connectivity index is 2.24. The van der Waals surface area contributed by atoms with Crippen LogP contribution >= 0.6 is 0 Å². The van der Waals surface area contributed by atoms with Gasteiger partial charge in [-0.25, -0.2) is 14.6 Å². The second-order valence-corrected chi connectivity index (χ2v) is 8.38. The lowest BCUT2D eigenvalue weighted by Gasteiger charge is -2.17. The molecule has 1 aliphatic carbocycles. The van der Waals surface area contributed by atoms with Gasteiger partial charge in [-0.1, -0.05) is 6.92 Å². The molecule has 1 aromatic rings. The first-order valence-electron chi connectivity index (χ1n) is 11.0. The van der Waals surface area contributed by atoms with E-state index in [0.717, 1.165) is 6.54 Å². The Morgan fingerprint density at radius 2 is 1.76 bits per heavy atom. The Morgan fingerprint density at radius 3 is 2.41 bits per heavy atom. The first-order valence-corrected chi connectivity index (χ1v) is 11.0. The number of rotatable bonds is 8. The summed E-state index contributed by atoms with van der Waals surface area (Å²) in [5.41, 5.74) is 12.6. The highest BCUT2D eigenvalue weighted by Crippen LogP contribution is 2.36. The van der Waals surface area contributed by atoms with Crippen LogP contribution in [0.3, 0.4) is 0 Å². The van der Waals surface area contributed by atoms with E-state index in [4.69, 9.17) is 25.4 Å². The summed E-state index contributed by atoms with van der Waals surface area (Å²) in [5, 5.41) is 0. The summed E-state index contributed by atoms with van der Waals surface area (Å²) in [5.74, 6) is -1.34. The Morgan fingerprint density at radius 1 is 1.09 bits per heavy atom. The topological polar surface area (TPSA) is 151 Å². The van der Waals surface area contributed by atoms with Crippen LogP contribution in [0.1, 0.15) is 51.6 Å². The van der Waals surface area contributed by atoms with Crippen molar-refractivity contribution in [3.8, 4) is 11.5 Å². The number of aryl methyl sites for hydroxylation is 1. The van der Waals surface area contributed by atoms with Crippen LogP contribution in [-0.2, 0) is 9.47 Å². The molecule has 0 fully saturated rings. The molecule has 182 valence electrons. The minimum atomic E-state index is -0.788. The first-order chi connectivity index (χ1) is 16.1. The predicted octanol–water partition coefficient (Wildman–Crippen LogP) is 2.75.